The summed E-state index contributed by atoms with van der Waals surface area (Å²) in [5.41, 5.74) is 1.74. The quantitative estimate of drug-likeness (QED) is 0.433. The van der Waals surface area contributed by atoms with Gasteiger partial charge in [0.1, 0.15) is 35.9 Å². The van der Waals surface area contributed by atoms with E-state index in [1.54, 1.807) is 29.0 Å². The Balaban J connectivity index is 1.69. The SMILES string of the molecule is CONc1ncnc2c1ccn2[C@@H]1O[C@H](C(O)c2ccc(Cl)c(Cl)c2)[C@@](C)(O)[C@H]1O. The second-order valence-electron chi connectivity index (χ2n) is 7.23. The van der Waals surface area contributed by atoms with Gasteiger partial charge in [-0.1, -0.05) is 29.3 Å². The van der Waals surface area contributed by atoms with Crippen LogP contribution in [0, 0.1) is 0 Å². The highest BCUT2D eigenvalue weighted by molar-refractivity contribution is 6.42. The maximum absolute atomic E-state index is 11.0. The Morgan fingerprint density at radius 2 is 2.03 bits per heavy atom. The first-order valence-corrected chi connectivity index (χ1v) is 9.80. The monoisotopic (exact) mass is 454 g/mol. The van der Waals surface area contributed by atoms with Gasteiger partial charge in [0.25, 0.3) is 0 Å². The normalized spacial score (nSPS) is 27.5. The Morgan fingerprint density at radius 3 is 2.73 bits per heavy atom. The molecule has 2 aromatic heterocycles. The Kier molecular flexibility index (Phi) is 5.62. The molecule has 0 radical (unpaired) electrons. The van der Waals surface area contributed by atoms with Crippen molar-refractivity contribution in [2.45, 2.75) is 37.1 Å². The summed E-state index contributed by atoms with van der Waals surface area (Å²) in [4.78, 5) is 13.3. The minimum atomic E-state index is -1.77. The van der Waals surface area contributed by atoms with Crippen LogP contribution in [0.15, 0.2) is 36.8 Å². The van der Waals surface area contributed by atoms with Gasteiger partial charge in [-0.2, -0.15) is 0 Å². The molecule has 5 atom stereocenters. The minimum absolute atomic E-state index is 0.259. The van der Waals surface area contributed by atoms with Crippen molar-refractivity contribution < 1.29 is 24.9 Å². The number of benzene rings is 1. The van der Waals surface area contributed by atoms with Crippen molar-refractivity contribution in [2.24, 2.45) is 0 Å². The lowest BCUT2D eigenvalue weighted by Gasteiger charge is -2.29. The molecule has 11 heteroatoms. The molecule has 1 saturated heterocycles. The van der Waals surface area contributed by atoms with E-state index in [1.807, 2.05) is 0 Å². The first-order chi connectivity index (χ1) is 14.3. The lowest BCUT2D eigenvalue weighted by Crippen LogP contribution is -2.47. The van der Waals surface area contributed by atoms with Gasteiger partial charge in [0.05, 0.1) is 22.5 Å². The molecule has 1 aliphatic rings. The van der Waals surface area contributed by atoms with E-state index >= 15 is 0 Å². The van der Waals surface area contributed by atoms with E-state index in [-0.39, 0.29) is 5.02 Å². The number of nitrogens with zero attached hydrogens (tertiary/aromatic N) is 3. The maximum Gasteiger partial charge on any atom is 0.164 e. The Labute approximate surface area is 181 Å². The van der Waals surface area contributed by atoms with Crippen LogP contribution in [0.5, 0.6) is 0 Å². The third-order valence-corrected chi connectivity index (χ3v) is 6.02. The predicted molar refractivity (Wildman–Crippen MR) is 110 cm³/mol. The van der Waals surface area contributed by atoms with Gasteiger partial charge in [-0.3, -0.25) is 4.84 Å². The van der Waals surface area contributed by atoms with Gasteiger partial charge in [-0.25, -0.2) is 15.4 Å². The standard InChI is InChI=1S/C19H20Cl2N4O5/c1-19(28)14(27)18(25-6-5-10-16(24-29-2)22-8-23-17(10)25)30-15(19)13(26)9-3-4-11(20)12(21)7-9/h3-8,13-15,18,26-28H,1-2H3,(H,22,23,24)/t13?,14-,15+,18+,19-/m0/s1. The van der Waals surface area contributed by atoms with Crippen LogP contribution in [-0.2, 0) is 9.57 Å². The topological polar surface area (TPSA) is 122 Å². The van der Waals surface area contributed by atoms with Gasteiger partial charge in [0.2, 0.25) is 0 Å². The van der Waals surface area contributed by atoms with Crippen LogP contribution in [0.1, 0.15) is 24.8 Å². The van der Waals surface area contributed by atoms with Gasteiger partial charge in [0, 0.05) is 6.20 Å². The average Bonchev–Trinajstić information content (AvgIpc) is 3.24. The molecule has 3 aromatic rings. The molecule has 1 aromatic carbocycles. The van der Waals surface area contributed by atoms with Crippen LogP contribution in [0.4, 0.5) is 5.82 Å². The third-order valence-electron chi connectivity index (χ3n) is 5.29. The van der Waals surface area contributed by atoms with Gasteiger partial charge in [-0.15, -0.1) is 0 Å². The van der Waals surface area contributed by atoms with Gasteiger partial charge < -0.3 is 24.6 Å². The van der Waals surface area contributed by atoms with E-state index in [9.17, 15) is 15.3 Å². The Morgan fingerprint density at radius 1 is 1.27 bits per heavy atom. The number of ether oxygens (including phenoxy) is 1. The highest BCUT2D eigenvalue weighted by atomic mass is 35.5. The minimum Gasteiger partial charge on any atom is -0.386 e. The number of aromatic nitrogens is 3. The Hall–Kier alpha value is -1.98. The van der Waals surface area contributed by atoms with Crippen LogP contribution in [0.3, 0.4) is 0 Å². The number of nitrogens with one attached hydrogen (secondary N) is 1. The smallest absolute Gasteiger partial charge is 0.164 e. The summed E-state index contributed by atoms with van der Waals surface area (Å²) in [6, 6.07) is 6.35. The van der Waals surface area contributed by atoms with Crippen LogP contribution in [0.2, 0.25) is 10.0 Å². The maximum atomic E-state index is 11.0. The summed E-state index contributed by atoms with van der Waals surface area (Å²) in [7, 11) is 1.46. The number of rotatable bonds is 5. The van der Waals surface area contributed by atoms with Crippen molar-refractivity contribution >= 4 is 40.1 Å². The number of aliphatic hydroxyl groups excluding tert-OH is 2. The Bertz CT molecular complexity index is 1080. The molecule has 30 heavy (non-hydrogen) atoms. The molecule has 4 rings (SSSR count). The van der Waals surface area contributed by atoms with E-state index in [0.717, 1.165) is 0 Å². The van der Waals surface area contributed by atoms with Crippen LogP contribution in [0.25, 0.3) is 11.0 Å². The molecule has 0 spiro atoms. The fraction of sp³-hybridized carbons (Fsp3) is 0.368. The average molecular weight is 455 g/mol. The number of anilines is 1. The number of hydrogen-bond acceptors (Lipinski definition) is 8. The first kappa shape index (κ1) is 21.3. The summed E-state index contributed by atoms with van der Waals surface area (Å²) in [6.45, 7) is 1.40. The zero-order valence-corrected chi connectivity index (χ0v) is 17.5. The largest absolute Gasteiger partial charge is 0.386 e. The summed E-state index contributed by atoms with van der Waals surface area (Å²) in [5.74, 6) is 0.438. The van der Waals surface area contributed by atoms with Crippen molar-refractivity contribution in [3.63, 3.8) is 0 Å². The van der Waals surface area contributed by atoms with Crippen molar-refractivity contribution in [1.29, 1.82) is 0 Å². The molecule has 0 amide bonds. The van der Waals surface area contributed by atoms with E-state index in [1.165, 1.54) is 26.4 Å². The number of hydrogen-bond donors (Lipinski definition) is 4. The molecule has 1 unspecified atom stereocenters. The van der Waals surface area contributed by atoms with E-state index in [2.05, 4.69) is 15.4 Å². The molecule has 0 bridgehead atoms. The summed E-state index contributed by atoms with van der Waals surface area (Å²) in [5, 5.41) is 33.9. The molecule has 1 fully saturated rings. The van der Waals surface area contributed by atoms with Crippen LogP contribution >= 0.6 is 23.2 Å². The van der Waals surface area contributed by atoms with Gasteiger partial charge in [-0.05, 0) is 30.7 Å². The van der Waals surface area contributed by atoms with Crippen LogP contribution in [-0.4, -0.2) is 54.8 Å². The number of fused-ring (bicyclic) bond motifs is 1. The van der Waals surface area contributed by atoms with Crippen LogP contribution < -0.4 is 5.48 Å². The zero-order valence-electron chi connectivity index (χ0n) is 16.0. The predicted octanol–water partition coefficient (Wildman–Crippen LogP) is 2.45. The second-order valence-corrected chi connectivity index (χ2v) is 8.04. The van der Waals surface area contributed by atoms with Gasteiger partial charge >= 0.3 is 0 Å². The molecule has 160 valence electrons. The van der Waals surface area contributed by atoms with Crippen molar-refractivity contribution in [2.75, 3.05) is 12.6 Å². The summed E-state index contributed by atoms with van der Waals surface area (Å²) < 4.78 is 7.52. The van der Waals surface area contributed by atoms with Gasteiger partial charge in [0.15, 0.2) is 12.0 Å². The number of halogens is 2. The lowest BCUT2D eigenvalue weighted by atomic mass is 9.88. The number of aliphatic hydroxyl groups is 3. The molecular weight excluding hydrogens is 435 g/mol. The lowest BCUT2D eigenvalue weighted by molar-refractivity contribution is -0.115. The van der Waals surface area contributed by atoms with Crippen molar-refractivity contribution in [3.8, 4) is 0 Å². The molecule has 9 nitrogen and oxygen atoms in total. The molecule has 3 heterocycles. The molecule has 0 saturated carbocycles. The van der Waals surface area contributed by atoms with Crippen molar-refractivity contribution in [1.82, 2.24) is 14.5 Å². The highest BCUT2D eigenvalue weighted by Gasteiger charge is 2.55. The van der Waals surface area contributed by atoms with E-state index in [0.29, 0.717) is 27.4 Å². The highest BCUT2D eigenvalue weighted by Crippen LogP contribution is 2.44. The second kappa shape index (κ2) is 7.93. The van der Waals surface area contributed by atoms with E-state index in [4.69, 9.17) is 32.8 Å². The molecule has 0 aliphatic carbocycles. The summed E-state index contributed by atoms with van der Waals surface area (Å²) >= 11 is 12.0. The summed E-state index contributed by atoms with van der Waals surface area (Å²) in [6.07, 6.45) is -1.79. The fourth-order valence-electron chi connectivity index (χ4n) is 3.66. The fourth-order valence-corrected chi connectivity index (χ4v) is 3.96. The van der Waals surface area contributed by atoms with E-state index < -0.39 is 30.1 Å². The first-order valence-electron chi connectivity index (χ1n) is 9.05. The zero-order chi connectivity index (χ0) is 21.6. The molecule has 4 N–H and O–H groups in total. The van der Waals surface area contributed by atoms with Crippen molar-refractivity contribution in [3.05, 3.63) is 52.4 Å². The molecular formula is C19H20Cl2N4O5. The third kappa shape index (κ3) is 3.42. The molecule has 1 aliphatic heterocycles.